The average Bonchev–Trinajstić information content (AvgIpc) is 3.20. The van der Waals surface area contributed by atoms with Gasteiger partial charge in [0.1, 0.15) is 0 Å². The van der Waals surface area contributed by atoms with Crippen LogP contribution in [-0.2, 0) is 6.51 Å². The summed E-state index contributed by atoms with van der Waals surface area (Å²) in [6, 6.07) is 0. The van der Waals surface area contributed by atoms with Gasteiger partial charge in [0, 0.05) is 0 Å². The van der Waals surface area contributed by atoms with E-state index in [2.05, 4.69) is 6.92 Å². The molecular formula is C13H16Cl2FeSi. The van der Waals surface area contributed by atoms with E-state index in [4.69, 9.17) is 23.2 Å². The topological polar surface area (TPSA) is 0 Å². The third-order valence-electron chi connectivity index (χ3n) is 16.2. The first kappa shape index (κ1) is 7.36. The zero-order chi connectivity index (χ0) is 11.1. The Morgan fingerprint density at radius 1 is 1.00 bits per heavy atom. The average molecular weight is 327 g/mol. The number of fused-ring (bicyclic) bond motifs is 10. The van der Waals surface area contributed by atoms with Crippen LogP contribution in [0.5, 0.6) is 0 Å². The molecule has 0 saturated carbocycles. The van der Waals surface area contributed by atoms with Crippen LogP contribution in [0, 0.1) is 5.92 Å². The molecule has 0 aromatic carbocycles. The van der Waals surface area contributed by atoms with Gasteiger partial charge >= 0.3 is 104 Å². The first-order valence-corrected chi connectivity index (χ1v) is 15.3. The van der Waals surface area contributed by atoms with Gasteiger partial charge in [-0.2, -0.15) is 0 Å². The number of alkyl halides is 2. The SMILES string of the molecule is CC(C([SiH3])(Cl)Cl)[C]12[CH]3[CH]4[CH]5[CH]1[Fe]45321678[CH]2[CH]1[CH]6[CH]7[CH]28. The predicted octanol–water partition coefficient (Wildman–Crippen LogP) is 3.88. The van der Waals surface area contributed by atoms with Crippen LogP contribution in [0.15, 0.2) is 0 Å². The normalized spacial score (nSPS) is 122. The van der Waals surface area contributed by atoms with Crippen LogP contribution in [0.25, 0.3) is 0 Å². The fourth-order valence-corrected chi connectivity index (χ4v) is 95.2. The summed E-state index contributed by atoms with van der Waals surface area (Å²) < 4.78 is 0.599. The van der Waals surface area contributed by atoms with E-state index >= 15 is 0 Å². The Hall–Kier alpha value is 1.32. The third kappa shape index (κ3) is 0.0793. The molecule has 0 N–H and O–H groups in total. The van der Waals surface area contributed by atoms with Crippen molar-refractivity contribution in [3.63, 3.8) is 0 Å². The van der Waals surface area contributed by atoms with Gasteiger partial charge in [0.05, 0.1) is 0 Å². The van der Waals surface area contributed by atoms with E-state index in [1.54, 1.807) is 0 Å². The Morgan fingerprint density at radius 3 is 1.59 bits per heavy atom. The molecule has 10 rings (SSSR count). The maximum atomic E-state index is 6.66. The monoisotopic (exact) mass is 326 g/mol. The predicted molar refractivity (Wildman–Crippen MR) is 70.0 cm³/mol. The number of rotatable bonds is 2. The van der Waals surface area contributed by atoms with Crippen molar-refractivity contribution in [2.24, 2.45) is 5.92 Å². The Labute approximate surface area is 104 Å². The second kappa shape index (κ2) is 0.591. The van der Waals surface area contributed by atoms with Crippen LogP contribution >= 0.6 is 23.2 Å². The zero-order valence-electron chi connectivity index (χ0n) is 9.88. The van der Waals surface area contributed by atoms with Crippen LogP contribution in [0.2, 0.25) is 47.7 Å². The van der Waals surface area contributed by atoms with E-state index < -0.39 is 6.51 Å². The summed E-state index contributed by atoms with van der Waals surface area (Å²) in [6.45, 7) is -0.413. The van der Waals surface area contributed by atoms with Crippen molar-refractivity contribution >= 4 is 33.4 Å². The number of halogens is 2. The summed E-state index contributed by atoms with van der Waals surface area (Å²) in [5, 5.41) is 0. The van der Waals surface area contributed by atoms with Crippen LogP contribution in [0.3, 0.4) is 0 Å². The summed E-state index contributed by atoms with van der Waals surface area (Å²) in [6.07, 6.45) is 0. The molecule has 10 fully saturated rings. The second-order valence-electron chi connectivity index (χ2n) is 11.4. The van der Waals surface area contributed by atoms with Crippen molar-refractivity contribution in [1.29, 1.82) is 0 Å². The van der Waals surface area contributed by atoms with E-state index in [1.807, 2.05) is 0 Å². The molecule has 0 nitrogen and oxygen atoms in total. The van der Waals surface area contributed by atoms with Gasteiger partial charge in [-0.05, 0) is 0 Å². The van der Waals surface area contributed by atoms with E-state index in [0.29, 0.717) is 5.92 Å². The molecule has 0 aliphatic carbocycles. The van der Waals surface area contributed by atoms with E-state index in [1.165, 1.54) is 43.3 Å². The molecular weight excluding hydrogens is 311 g/mol. The quantitative estimate of drug-likeness (QED) is 0.533. The molecule has 0 amide bonds. The molecule has 1 spiro atoms. The molecule has 5 atom stereocenters. The molecule has 94 valence electrons. The van der Waals surface area contributed by atoms with Gasteiger partial charge in [0.15, 0.2) is 0 Å². The maximum absolute atomic E-state index is 6.66. The fraction of sp³-hybridized carbons (Fsp3) is 1.00. The summed E-state index contributed by atoms with van der Waals surface area (Å²) in [4.78, 5) is 12.6. The fourth-order valence-electron chi connectivity index (χ4n) is 18.0. The molecule has 17 heavy (non-hydrogen) atoms. The van der Waals surface area contributed by atoms with Crippen LogP contribution in [0.1, 0.15) is 6.92 Å². The molecule has 0 aromatic heterocycles. The minimum absolute atomic E-state index is 0.308. The number of hydrogen-bond acceptors (Lipinski definition) is 0. The van der Waals surface area contributed by atoms with Crippen LogP contribution < -0.4 is 0 Å². The zero-order valence-corrected chi connectivity index (χ0v) is 14.5. The molecule has 0 aromatic rings. The Kier molecular flexibility index (Phi) is 0.256. The molecule has 10 saturated heterocycles. The first-order valence-electron chi connectivity index (χ1n) is 7.29. The van der Waals surface area contributed by atoms with Crippen molar-refractivity contribution < 1.29 is 6.51 Å². The minimum atomic E-state index is -2.89. The molecule has 10 heterocycles. The summed E-state index contributed by atoms with van der Waals surface area (Å²) in [7, 11) is 0.967. The van der Waals surface area contributed by atoms with Gasteiger partial charge < -0.3 is 0 Å². The summed E-state index contributed by atoms with van der Waals surface area (Å²) >= 11 is 13.3. The van der Waals surface area contributed by atoms with E-state index in [-0.39, 0.29) is 3.96 Å². The van der Waals surface area contributed by atoms with Crippen LogP contribution in [-0.4, -0.2) is 14.2 Å². The van der Waals surface area contributed by atoms with Gasteiger partial charge in [-0.1, -0.05) is 0 Å². The Morgan fingerprint density at radius 2 is 1.41 bits per heavy atom. The van der Waals surface area contributed by atoms with Crippen molar-refractivity contribution in [3.8, 4) is 0 Å². The molecule has 4 heteroatoms. The first-order chi connectivity index (χ1) is 7.70. The van der Waals surface area contributed by atoms with Crippen molar-refractivity contribution in [2.75, 3.05) is 0 Å². The standard InChI is InChI=1S/C8H11Cl2Si.C5H5.Fe/c1-6(8(9,10)11)7-4-2-3-5-7;1-2-4-5-3-1;/h2-6H,1,11H3;1-5H;. The van der Waals surface area contributed by atoms with Crippen LogP contribution in [0.4, 0.5) is 0 Å². The third-order valence-corrected chi connectivity index (χ3v) is 60.5. The van der Waals surface area contributed by atoms with Gasteiger partial charge in [-0.25, -0.2) is 0 Å². The van der Waals surface area contributed by atoms with Gasteiger partial charge in [0.2, 0.25) is 0 Å². The number of hydrogen-bond donors (Lipinski definition) is 0. The summed E-state index contributed by atoms with van der Waals surface area (Å²) in [5.74, 6) is 0.694. The second-order valence-corrected chi connectivity index (χ2v) is 39.6. The molecule has 0 radical (unpaired) electrons. The van der Waals surface area contributed by atoms with Crippen molar-refractivity contribution in [1.82, 2.24) is 0 Å². The van der Waals surface area contributed by atoms with E-state index in [0.717, 1.165) is 14.6 Å². The van der Waals surface area contributed by atoms with E-state index in [9.17, 15) is 0 Å². The Balaban J connectivity index is 1.59. The molecule has 10 aliphatic heterocycles. The van der Waals surface area contributed by atoms with Gasteiger partial charge in [-0.3, -0.25) is 0 Å². The molecule has 5 unspecified atom stereocenters. The van der Waals surface area contributed by atoms with Gasteiger partial charge in [-0.15, -0.1) is 0 Å². The molecule has 0 bridgehead atoms. The van der Waals surface area contributed by atoms with Crippen molar-refractivity contribution in [3.05, 3.63) is 0 Å². The van der Waals surface area contributed by atoms with Gasteiger partial charge in [0.25, 0.3) is 0 Å². The van der Waals surface area contributed by atoms with Crippen molar-refractivity contribution in [2.45, 2.75) is 58.5 Å². The Bertz CT molecular complexity index is 895. The summed E-state index contributed by atoms with van der Waals surface area (Å²) in [5.41, 5.74) is 0. The molecule has 10 aliphatic rings.